The van der Waals surface area contributed by atoms with Crippen LogP contribution in [0.5, 0.6) is 0 Å². The van der Waals surface area contributed by atoms with Crippen LogP contribution in [-0.2, 0) is 10.5 Å². The molecule has 1 aromatic carbocycles. The third kappa shape index (κ3) is 2.24. The Morgan fingerprint density at radius 2 is 1.94 bits per heavy atom. The summed E-state index contributed by atoms with van der Waals surface area (Å²) in [6.45, 7) is 1.84. The molecule has 4 heteroatoms. The number of likely N-dealkylation sites (N-methyl/N-ethyl adjacent to an activating group) is 1. The molecule has 1 N–H and O–H groups in total. The van der Waals surface area contributed by atoms with Crippen LogP contribution in [0.1, 0.15) is 5.56 Å². The molecule has 0 saturated carbocycles. The number of quaternary nitrogens is 1. The van der Waals surface area contributed by atoms with Gasteiger partial charge in [-0.3, -0.25) is 0 Å². The van der Waals surface area contributed by atoms with Gasteiger partial charge in [-0.25, -0.2) is 4.39 Å². The lowest BCUT2D eigenvalue weighted by Gasteiger charge is -2.42. The van der Waals surface area contributed by atoms with Crippen LogP contribution >= 0.6 is 0 Å². The van der Waals surface area contributed by atoms with E-state index in [0.29, 0.717) is 23.2 Å². The summed E-state index contributed by atoms with van der Waals surface area (Å²) in [4.78, 5) is 0. The molecule has 1 fully saturated rings. The smallest absolute Gasteiger partial charge is 0.243 e. The van der Waals surface area contributed by atoms with E-state index in [4.69, 9.17) is 4.74 Å². The number of morpholine rings is 1. The summed E-state index contributed by atoms with van der Waals surface area (Å²) in [6, 6.07) is 5.82. The van der Waals surface area contributed by atoms with Crippen molar-refractivity contribution in [2.45, 2.75) is 5.79 Å². The minimum absolute atomic E-state index is 0.308. The molecule has 0 amide bonds. The van der Waals surface area contributed by atoms with Gasteiger partial charge in [0.25, 0.3) is 0 Å². The first-order valence-corrected chi connectivity index (χ1v) is 5.36. The van der Waals surface area contributed by atoms with Gasteiger partial charge in [-0.05, 0) is 12.1 Å². The van der Waals surface area contributed by atoms with Crippen molar-refractivity contribution in [2.75, 3.05) is 33.8 Å². The second-order valence-corrected chi connectivity index (χ2v) is 4.96. The van der Waals surface area contributed by atoms with Gasteiger partial charge in [-0.15, -0.1) is 0 Å². The summed E-state index contributed by atoms with van der Waals surface area (Å²) < 4.78 is 18.9. The number of benzene rings is 1. The second-order valence-electron chi connectivity index (χ2n) is 4.96. The molecule has 1 atom stereocenters. The summed E-state index contributed by atoms with van der Waals surface area (Å²) in [6.07, 6.45) is 0. The average Bonchev–Trinajstić information content (AvgIpc) is 2.16. The maximum Gasteiger partial charge on any atom is 0.243 e. The van der Waals surface area contributed by atoms with Gasteiger partial charge in [0.05, 0.1) is 20.7 Å². The standard InChI is InChI=1S/C12H17FNO2/c1-14(2)7-8-16-12(15,9-14)10-3-5-11(13)6-4-10/h3-6,15H,7-9H2,1-2H3/q+1/t12-/m1/s1. The third-order valence-corrected chi connectivity index (χ3v) is 2.98. The number of hydrogen-bond donors (Lipinski definition) is 1. The van der Waals surface area contributed by atoms with Crippen molar-refractivity contribution in [2.24, 2.45) is 0 Å². The highest BCUT2D eigenvalue weighted by Gasteiger charge is 2.42. The first kappa shape index (κ1) is 11.5. The van der Waals surface area contributed by atoms with Crippen molar-refractivity contribution >= 4 is 0 Å². The van der Waals surface area contributed by atoms with Gasteiger partial charge in [0, 0.05) is 5.56 Å². The molecular formula is C12H17FNO2+. The minimum Gasteiger partial charge on any atom is -0.357 e. The molecule has 1 aliphatic rings. The Kier molecular flexibility index (Phi) is 2.74. The SMILES string of the molecule is C[N+]1(C)CCO[C@@](O)(c2ccc(F)cc2)C1. The Balaban J connectivity index is 2.27. The van der Waals surface area contributed by atoms with Crippen molar-refractivity contribution in [3.63, 3.8) is 0 Å². The average molecular weight is 226 g/mol. The zero-order chi connectivity index (χ0) is 11.8. The van der Waals surface area contributed by atoms with Crippen LogP contribution in [0, 0.1) is 5.82 Å². The molecule has 0 spiro atoms. The van der Waals surface area contributed by atoms with Crippen molar-refractivity contribution < 1.29 is 18.7 Å². The summed E-state index contributed by atoms with van der Waals surface area (Å²) in [5.41, 5.74) is 0.611. The van der Waals surface area contributed by atoms with Gasteiger partial charge >= 0.3 is 0 Å². The molecule has 2 rings (SSSR count). The highest BCUT2D eigenvalue weighted by Crippen LogP contribution is 2.29. The van der Waals surface area contributed by atoms with E-state index in [1.165, 1.54) is 12.1 Å². The maximum absolute atomic E-state index is 12.8. The van der Waals surface area contributed by atoms with Gasteiger partial charge in [0.2, 0.25) is 5.79 Å². The monoisotopic (exact) mass is 226 g/mol. The molecular weight excluding hydrogens is 209 g/mol. The van der Waals surface area contributed by atoms with Crippen LogP contribution < -0.4 is 0 Å². The molecule has 0 unspecified atom stereocenters. The van der Waals surface area contributed by atoms with Crippen LogP contribution in [0.25, 0.3) is 0 Å². The van der Waals surface area contributed by atoms with E-state index in [2.05, 4.69) is 0 Å². The first-order valence-electron chi connectivity index (χ1n) is 5.36. The Bertz CT molecular complexity index is 377. The Morgan fingerprint density at radius 1 is 1.31 bits per heavy atom. The topological polar surface area (TPSA) is 29.5 Å². The van der Waals surface area contributed by atoms with Gasteiger partial charge in [-0.1, -0.05) is 12.1 Å². The van der Waals surface area contributed by atoms with Crippen molar-refractivity contribution in [1.29, 1.82) is 0 Å². The Morgan fingerprint density at radius 3 is 2.50 bits per heavy atom. The zero-order valence-electron chi connectivity index (χ0n) is 9.61. The molecule has 3 nitrogen and oxygen atoms in total. The molecule has 0 aliphatic carbocycles. The van der Waals surface area contributed by atoms with E-state index in [0.717, 1.165) is 6.54 Å². The van der Waals surface area contributed by atoms with Crippen molar-refractivity contribution in [1.82, 2.24) is 0 Å². The van der Waals surface area contributed by atoms with E-state index in [9.17, 15) is 9.50 Å². The number of nitrogens with zero attached hydrogens (tertiary/aromatic N) is 1. The zero-order valence-corrected chi connectivity index (χ0v) is 9.61. The number of aliphatic hydroxyl groups is 1. The van der Waals surface area contributed by atoms with Gasteiger partial charge in [0.15, 0.2) is 0 Å². The Labute approximate surface area is 94.7 Å². The number of rotatable bonds is 1. The molecule has 0 bridgehead atoms. The number of ether oxygens (including phenoxy) is 1. The normalized spacial score (nSPS) is 29.0. The summed E-state index contributed by atoms with van der Waals surface area (Å²) in [7, 11) is 4.08. The summed E-state index contributed by atoms with van der Waals surface area (Å²) in [5, 5.41) is 10.4. The first-order chi connectivity index (χ1) is 7.41. The molecule has 0 aromatic heterocycles. The Hall–Kier alpha value is -0.970. The minimum atomic E-state index is -1.30. The third-order valence-electron chi connectivity index (χ3n) is 2.98. The number of hydrogen-bond acceptors (Lipinski definition) is 2. The fourth-order valence-corrected chi connectivity index (χ4v) is 2.05. The van der Waals surface area contributed by atoms with E-state index < -0.39 is 5.79 Å². The van der Waals surface area contributed by atoms with Crippen molar-refractivity contribution in [3.8, 4) is 0 Å². The summed E-state index contributed by atoms with van der Waals surface area (Å²) >= 11 is 0. The quantitative estimate of drug-likeness (QED) is 0.726. The van der Waals surface area contributed by atoms with Gasteiger partial charge in [0.1, 0.15) is 18.9 Å². The van der Waals surface area contributed by atoms with Crippen LogP contribution in [0.3, 0.4) is 0 Å². The lowest BCUT2D eigenvalue weighted by Crippen LogP contribution is -2.57. The van der Waals surface area contributed by atoms with E-state index >= 15 is 0 Å². The molecule has 0 radical (unpaired) electrons. The maximum atomic E-state index is 12.8. The van der Waals surface area contributed by atoms with E-state index in [-0.39, 0.29) is 5.82 Å². The lowest BCUT2D eigenvalue weighted by atomic mass is 10.0. The van der Waals surface area contributed by atoms with Gasteiger partial charge in [-0.2, -0.15) is 0 Å². The highest BCUT2D eigenvalue weighted by molar-refractivity contribution is 5.21. The largest absolute Gasteiger partial charge is 0.357 e. The van der Waals surface area contributed by atoms with Gasteiger partial charge < -0.3 is 14.3 Å². The second kappa shape index (κ2) is 3.80. The predicted octanol–water partition coefficient (Wildman–Crippen LogP) is 1.08. The summed E-state index contributed by atoms with van der Waals surface area (Å²) in [5.74, 6) is -1.60. The van der Waals surface area contributed by atoms with Crippen molar-refractivity contribution in [3.05, 3.63) is 35.6 Å². The number of halogens is 1. The van der Waals surface area contributed by atoms with Crippen LogP contribution in [0.2, 0.25) is 0 Å². The molecule has 1 aliphatic heterocycles. The molecule has 16 heavy (non-hydrogen) atoms. The van der Waals surface area contributed by atoms with E-state index in [1.54, 1.807) is 12.1 Å². The molecule has 88 valence electrons. The molecule has 1 saturated heterocycles. The lowest BCUT2D eigenvalue weighted by molar-refractivity contribution is -0.912. The van der Waals surface area contributed by atoms with E-state index in [1.807, 2.05) is 14.1 Å². The predicted molar refractivity (Wildman–Crippen MR) is 58.1 cm³/mol. The molecule has 1 heterocycles. The highest BCUT2D eigenvalue weighted by atomic mass is 19.1. The molecule has 1 aromatic rings. The van der Waals surface area contributed by atoms with Crippen LogP contribution in [0.4, 0.5) is 4.39 Å². The fraction of sp³-hybridized carbons (Fsp3) is 0.500. The fourth-order valence-electron chi connectivity index (χ4n) is 2.05. The van der Waals surface area contributed by atoms with Crippen LogP contribution in [0.15, 0.2) is 24.3 Å². The van der Waals surface area contributed by atoms with Crippen LogP contribution in [-0.4, -0.2) is 43.4 Å².